The smallest absolute Gasteiger partial charge is 0.328 e. The predicted molar refractivity (Wildman–Crippen MR) is 96.7 cm³/mol. The molecular formula is C21H19NO2. The molecule has 0 radical (unpaired) electrons. The molecular weight excluding hydrogens is 298 g/mol. The first kappa shape index (κ1) is 15.9. The zero-order valence-corrected chi connectivity index (χ0v) is 13.3. The highest BCUT2D eigenvalue weighted by molar-refractivity contribution is 5.85. The Morgan fingerprint density at radius 2 is 1.88 bits per heavy atom. The number of hydrogen-bond donors (Lipinski definition) is 2. The van der Waals surface area contributed by atoms with Crippen molar-refractivity contribution >= 4 is 17.7 Å². The molecule has 2 aromatic carbocycles. The zero-order chi connectivity index (χ0) is 16.8. The van der Waals surface area contributed by atoms with E-state index in [2.05, 4.69) is 29.3 Å². The maximum atomic E-state index is 10.5. The van der Waals surface area contributed by atoms with E-state index >= 15 is 0 Å². The molecule has 3 nitrogen and oxygen atoms in total. The Morgan fingerprint density at radius 3 is 2.58 bits per heavy atom. The van der Waals surface area contributed by atoms with Gasteiger partial charge in [-0.05, 0) is 60.7 Å². The minimum atomic E-state index is -0.950. The molecule has 1 fully saturated rings. The van der Waals surface area contributed by atoms with Crippen molar-refractivity contribution in [2.45, 2.75) is 12.8 Å². The molecule has 120 valence electrons. The monoisotopic (exact) mass is 317 g/mol. The molecule has 24 heavy (non-hydrogen) atoms. The van der Waals surface area contributed by atoms with E-state index in [1.165, 1.54) is 12.8 Å². The van der Waals surface area contributed by atoms with Gasteiger partial charge in [0, 0.05) is 29.4 Å². The average Bonchev–Trinajstić information content (AvgIpc) is 3.42. The van der Waals surface area contributed by atoms with E-state index in [0.29, 0.717) is 0 Å². The maximum Gasteiger partial charge on any atom is 0.328 e. The molecule has 0 saturated heterocycles. The van der Waals surface area contributed by atoms with Crippen molar-refractivity contribution in [2.24, 2.45) is 5.92 Å². The highest BCUT2D eigenvalue weighted by Crippen LogP contribution is 2.28. The van der Waals surface area contributed by atoms with E-state index in [-0.39, 0.29) is 0 Å². The average molecular weight is 317 g/mol. The lowest BCUT2D eigenvalue weighted by molar-refractivity contribution is -0.131. The Balaban J connectivity index is 1.65. The van der Waals surface area contributed by atoms with Crippen molar-refractivity contribution in [1.82, 2.24) is 0 Å². The molecule has 1 saturated carbocycles. The Morgan fingerprint density at radius 1 is 1.12 bits per heavy atom. The second-order valence-electron chi connectivity index (χ2n) is 5.95. The van der Waals surface area contributed by atoms with Crippen molar-refractivity contribution < 1.29 is 9.90 Å². The molecule has 0 unspecified atom stereocenters. The first-order valence-corrected chi connectivity index (χ1v) is 8.06. The molecule has 0 atom stereocenters. The maximum absolute atomic E-state index is 10.5. The first-order chi connectivity index (χ1) is 11.7. The molecule has 3 rings (SSSR count). The Labute approximate surface area is 142 Å². The van der Waals surface area contributed by atoms with E-state index < -0.39 is 5.97 Å². The van der Waals surface area contributed by atoms with Gasteiger partial charge >= 0.3 is 5.97 Å². The van der Waals surface area contributed by atoms with Gasteiger partial charge in [-0.3, -0.25) is 0 Å². The molecule has 1 aliphatic rings. The number of carbonyl (C=O) groups is 1. The van der Waals surface area contributed by atoms with Crippen LogP contribution in [0.2, 0.25) is 0 Å². The van der Waals surface area contributed by atoms with Gasteiger partial charge in [0.25, 0.3) is 0 Å². The van der Waals surface area contributed by atoms with Crippen LogP contribution in [0.15, 0.2) is 54.6 Å². The van der Waals surface area contributed by atoms with Crippen molar-refractivity contribution in [2.75, 3.05) is 11.9 Å². The number of carboxylic acid groups (broad SMARTS) is 1. The number of rotatable bonds is 5. The van der Waals surface area contributed by atoms with Crippen LogP contribution in [0, 0.1) is 17.8 Å². The van der Waals surface area contributed by atoms with Crippen molar-refractivity contribution in [3.8, 4) is 11.8 Å². The van der Waals surface area contributed by atoms with E-state index in [1.807, 2.05) is 36.4 Å². The second-order valence-corrected chi connectivity index (χ2v) is 5.95. The predicted octanol–water partition coefficient (Wildman–Crippen LogP) is 4.01. The molecule has 0 amide bonds. The first-order valence-electron chi connectivity index (χ1n) is 8.06. The molecule has 0 bridgehead atoms. The third kappa shape index (κ3) is 5.03. The van der Waals surface area contributed by atoms with Crippen LogP contribution in [0.1, 0.15) is 29.5 Å². The minimum Gasteiger partial charge on any atom is -0.478 e. The minimum absolute atomic E-state index is 0.841. The van der Waals surface area contributed by atoms with Gasteiger partial charge in [0.05, 0.1) is 0 Å². The highest BCUT2D eigenvalue weighted by atomic mass is 16.4. The normalized spacial score (nSPS) is 13.3. The van der Waals surface area contributed by atoms with Crippen molar-refractivity contribution in [3.63, 3.8) is 0 Å². The lowest BCUT2D eigenvalue weighted by Gasteiger charge is -2.05. The van der Waals surface area contributed by atoms with Gasteiger partial charge in [-0.15, -0.1) is 0 Å². The third-order valence-corrected chi connectivity index (χ3v) is 3.83. The number of anilines is 1. The van der Waals surface area contributed by atoms with Gasteiger partial charge in [0.1, 0.15) is 0 Å². The topological polar surface area (TPSA) is 49.3 Å². The summed E-state index contributed by atoms with van der Waals surface area (Å²) in [6.45, 7) is 1.04. The van der Waals surface area contributed by atoms with Crippen LogP contribution in [0.4, 0.5) is 5.69 Å². The summed E-state index contributed by atoms with van der Waals surface area (Å²) < 4.78 is 0. The number of carboxylic acids is 1. The van der Waals surface area contributed by atoms with E-state index in [9.17, 15) is 4.79 Å². The van der Waals surface area contributed by atoms with Crippen LogP contribution >= 0.6 is 0 Å². The molecule has 2 N–H and O–H groups in total. The Kier molecular flexibility index (Phi) is 4.98. The summed E-state index contributed by atoms with van der Waals surface area (Å²) in [5, 5.41) is 12.1. The lowest BCUT2D eigenvalue weighted by atomic mass is 10.1. The number of hydrogen-bond acceptors (Lipinski definition) is 2. The van der Waals surface area contributed by atoms with Crippen LogP contribution in [0.25, 0.3) is 6.08 Å². The van der Waals surface area contributed by atoms with Gasteiger partial charge < -0.3 is 10.4 Å². The highest BCUT2D eigenvalue weighted by Gasteiger charge is 2.20. The van der Waals surface area contributed by atoms with Crippen LogP contribution < -0.4 is 5.32 Å². The van der Waals surface area contributed by atoms with Crippen LogP contribution in [-0.4, -0.2) is 17.6 Å². The van der Waals surface area contributed by atoms with Crippen LogP contribution in [0.5, 0.6) is 0 Å². The van der Waals surface area contributed by atoms with Crippen LogP contribution in [0.3, 0.4) is 0 Å². The molecule has 2 aromatic rings. The molecule has 3 heteroatoms. The second kappa shape index (κ2) is 7.52. The summed E-state index contributed by atoms with van der Waals surface area (Å²) in [5.74, 6) is 6.20. The van der Waals surface area contributed by atoms with Gasteiger partial charge in [-0.25, -0.2) is 4.79 Å². The van der Waals surface area contributed by atoms with Crippen molar-refractivity contribution in [3.05, 3.63) is 71.3 Å². The number of aliphatic carboxylic acids is 1. The van der Waals surface area contributed by atoms with E-state index in [1.54, 1.807) is 6.08 Å². The fourth-order valence-corrected chi connectivity index (χ4v) is 2.28. The zero-order valence-electron chi connectivity index (χ0n) is 13.3. The summed E-state index contributed by atoms with van der Waals surface area (Å²) in [4.78, 5) is 10.5. The van der Waals surface area contributed by atoms with Gasteiger partial charge in [-0.2, -0.15) is 0 Å². The SMILES string of the molecule is O=C(O)C=Cc1ccc(C#Cc2cccc(NCC3CC3)c2)cc1. The summed E-state index contributed by atoms with van der Waals surface area (Å²) in [7, 11) is 0. The van der Waals surface area contributed by atoms with Gasteiger partial charge in [0.2, 0.25) is 0 Å². The van der Waals surface area contributed by atoms with Gasteiger partial charge in [0.15, 0.2) is 0 Å². The Bertz CT molecular complexity index is 806. The van der Waals surface area contributed by atoms with E-state index in [0.717, 1.165) is 40.9 Å². The summed E-state index contributed by atoms with van der Waals surface area (Å²) >= 11 is 0. The third-order valence-electron chi connectivity index (χ3n) is 3.83. The van der Waals surface area contributed by atoms with Crippen molar-refractivity contribution in [1.29, 1.82) is 0 Å². The molecule has 0 aliphatic heterocycles. The summed E-state index contributed by atoms with van der Waals surface area (Å²) in [5.41, 5.74) is 3.83. The van der Waals surface area contributed by atoms with Gasteiger partial charge in [-0.1, -0.05) is 30.0 Å². The fraction of sp³-hybridized carbons (Fsp3) is 0.190. The number of nitrogens with one attached hydrogen (secondary N) is 1. The Hall–Kier alpha value is -2.99. The van der Waals surface area contributed by atoms with E-state index in [4.69, 9.17) is 5.11 Å². The molecule has 1 aliphatic carbocycles. The fourth-order valence-electron chi connectivity index (χ4n) is 2.28. The summed E-state index contributed by atoms with van der Waals surface area (Å²) in [6, 6.07) is 15.6. The molecule has 0 spiro atoms. The largest absolute Gasteiger partial charge is 0.478 e. The number of benzene rings is 2. The van der Waals surface area contributed by atoms with Crippen LogP contribution in [-0.2, 0) is 4.79 Å². The summed E-state index contributed by atoms with van der Waals surface area (Å²) in [6.07, 6.45) is 5.36. The standard InChI is InChI=1S/C21H19NO2/c23-21(24)13-12-17-6-4-16(5-7-17)8-9-18-2-1-3-20(14-18)22-15-19-10-11-19/h1-7,12-14,19,22H,10-11,15H2,(H,23,24). The lowest BCUT2D eigenvalue weighted by Crippen LogP contribution is -2.02. The quantitative estimate of drug-likeness (QED) is 0.647. The molecule has 0 heterocycles. The molecule has 0 aromatic heterocycles.